The molecule has 112 valence electrons. The van der Waals surface area contributed by atoms with Gasteiger partial charge in [0.25, 0.3) is 0 Å². The van der Waals surface area contributed by atoms with Gasteiger partial charge in [-0.25, -0.2) is 0 Å². The Balaban J connectivity index is 1.91. The average molecular weight is 309 g/mol. The number of hydrogen-bond donors (Lipinski definition) is 1. The standard InChI is InChI=1S/C15H17ClN2O3/c16-12-4-2-1-3-11(12)13-14(19)17-6-7-18(13)15(20)10-5-8-21-9-10/h1-4,10,13H,5-9H2,(H,17,19). The van der Waals surface area contributed by atoms with Crippen molar-refractivity contribution in [1.29, 1.82) is 0 Å². The largest absolute Gasteiger partial charge is 0.381 e. The molecule has 1 N–H and O–H groups in total. The number of benzene rings is 1. The molecule has 0 aliphatic carbocycles. The lowest BCUT2D eigenvalue weighted by molar-refractivity contribution is -0.146. The average Bonchev–Trinajstić information content (AvgIpc) is 3.01. The normalized spacial score (nSPS) is 25.8. The molecule has 5 nitrogen and oxygen atoms in total. The van der Waals surface area contributed by atoms with E-state index < -0.39 is 6.04 Å². The first kappa shape index (κ1) is 14.4. The monoisotopic (exact) mass is 308 g/mol. The number of piperazine rings is 1. The van der Waals surface area contributed by atoms with E-state index in [1.54, 1.807) is 17.0 Å². The molecule has 0 saturated carbocycles. The molecule has 21 heavy (non-hydrogen) atoms. The second-order valence-electron chi connectivity index (χ2n) is 5.31. The Hall–Kier alpha value is -1.59. The van der Waals surface area contributed by atoms with E-state index in [1.807, 2.05) is 12.1 Å². The Bertz CT molecular complexity index is 558. The van der Waals surface area contributed by atoms with E-state index in [0.29, 0.717) is 43.3 Å². The number of ether oxygens (including phenoxy) is 1. The molecule has 1 aromatic carbocycles. The lowest BCUT2D eigenvalue weighted by Crippen LogP contribution is -2.53. The summed E-state index contributed by atoms with van der Waals surface area (Å²) >= 11 is 6.21. The maximum absolute atomic E-state index is 12.7. The van der Waals surface area contributed by atoms with Crippen molar-refractivity contribution in [3.05, 3.63) is 34.9 Å². The van der Waals surface area contributed by atoms with Crippen molar-refractivity contribution in [3.8, 4) is 0 Å². The van der Waals surface area contributed by atoms with Crippen molar-refractivity contribution in [3.63, 3.8) is 0 Å². The Morgan fingerprint density at radius 1 is 1.38 bits per heavy atom. The number of nitrogens with one attached hydrogen (secondary N) is 1. The zero-order chi connectivity index (χ0) is 14.8. The van der Waals surface area contributed by atoms with Crippen molar-refractivity contribution in [2.24, 2.45) is 5.92 Å². The van der Waals surface area contributed by atoms with Crippen LogP contribution >= 0.6 is 11.6 Å². The third-order valence-corrected chi connectivity index (χ3v) is 4.32. The van der Waals surface area contributed by atoms with Crippen LogP contribution in [0.5, 0.6) is 0 Å². The van der Waals surface area contributed by atoms with E-state index in [-0.39, 0.29) is 17.7 Å². The molecule has 0 bridgehead atoms. The predicted octanol–water partition coefficient (Wildman–Crippen LogP) is 1.38. The fourth-order valence-electron chi connectivity index (χ4n) is 2.87. The Kier molecular flexibility index (Phi) is 4.12. The van der Waals surface area contributed by atoms with Crippen LogP contribution in [0.2, 0.25) is 5.02 Å². The van der Waals surface area contributed by atoms with Gasteiger partial charge in [-0.2, -0.15) is 0 Å². The minimum atomic E-state index is -0.652. The van der Waals surface area contributed by atoms with Crippen molar-refractivity contribution < 1.29 is 14.3 Å². The number of amides is 2. The minimum Gasteiger partial charge on any atom is -0.381 e. The summed E-state index contributed by atoms with van der Waals surface area (Å²) in [5.41, 5.74) is 0.670. The molecule has 1 aromatic rings. The predicted molar refractivity (Wildman–Crippen MR) is 77.8 cm³/mol. The molecule has 2 fully saturated rings. The summed E-state index contributed by atoms with van der Waals surface area (Å²) in [5.74, 6) is -0.352. The molecule has 0 spiro atoms. The highest BCUT2D eigenvalue weighted by Crippen LogP contribution is 2.31. The van der Waals surface area contributed by atoms with Crippen LogP contribution in [-0.4, -0.2) is 43.0 Å². The highest BCUT2D eigenvalue weighted by molar-refractivity contribution is 6.31. The number of nitrogens with zero attached hydrogens (tertiary/aromatic N) is 1. The molecule has 6 heteroatoms. The highest BCUT2D eigenvalue weighted by Gasteiger charge is 2.38. The molecule has 2 atom stereocenters. The number of rotatable bonds is 2. The van der Waals surface area contributed by atoms with Gasteiger partial charge in [-0.3, -0.25) is 9.59 Å². The topological polar surface area (TPSA) is 58.6 Å². The molecule has 2 saturated heterocycles. The first-order valence-electron chi connectivity index (χ1n) is 7.09. The van der Waals surface area contributed by atoms with Gasteiger partial charge in [0.1, 0.15) is 6.04 Å². The van der Waals surface area contributed by atoms with Crippen LogP contribution in [-0.2, 0) is 14.3 Å². The van der Waals surface area contributed by atoms with E-state index in [2.05, 4.69) is 5.32 Å². The quantitative estimate of drug-likeness (QED) is 0.898. The summed E-state index contributed by atoms with van der Waals surface area (Å²) in [5, 5.41) is 3.31. The lowest BCUT2D eigenvalue weighted by Gasteiger charge is -2.36. The fraction of sp³-hybridized carbons (Fsp3) is 0.467. The molecule has 2 unspecified atom stereocenters. The molecular formula is C15H17ClN2O3. The van der Waals surface area contributed by atoms with Crippen molar-refractivity contribution in [2.75, 3.05) is 26.3 Å². The summed E-state index contributed by atoms with van der Waals surface area (Å²) in [6.07, 6.45) is 0.714. The lowest BCUT2D eigenvalue weighted by atomic mass is 9.99. The summed E-state index contributed by atoms with van der Waals surface area (Å²) in [6.45, 7) is 2.01. The Morgan fingerprint density at radius 2 is 2.19 bits per heavy atom. The van der Waals surface area contributed by atoms with Crippen LogP contribution in [0.15, 0.2) is 24.3 Å². The highest BCUT2D eigenvalue weighted by atomic mass is 35.5. The van der Waals surface area contributed by atoms with E-state index in [0.717, 1.165) is 0 Å². The van der Waals surface area contributed by atoms with E-state index in [1.165, 1.54) is 0 Å². The van der Waals surface area contributed by atoms with Gasteiger partial charge in [0.2, 0.25) is 11.8 Å². The summed E-state index contributed by atoms with van der Waals surface area (Å²) < 4.78 is 5.29. The first-order chi connectivity index (χ1) is 10.2. The van der Waals surface area contributed by atoms with Crippen molar-refractivity contribution in [2.45, 2.75) is 12.5 Å². The van der Waals surface area contributed by atoms with Gasteiger partial charge < -0.3 is 15.0 Å². The molecule has 2 heterocycles. The van der Waals surface area contributed by atoms with Gasteiger partial charge >= 0.3 is 0 Å². The summed E-state index contributed by atoms with van der Waals surface area (Å²) in [6, 6.07) is 6.51. The Morgan fingerprint density at radius 3 is 2.90 bits per heavy atom. The molecule has 0 aromatic heterocycles. The third kappa shape index (κ3) is 2.76. The summed E-state index contributed by atoms with van der Waals surface area (Å²) in [7, 11) is 0. The number of carbonyl (C=O) groups excluding carboxylic acids is 2. The molecule has 0 radical (unpaired) electrons. The van der Waals surface area contributed by atoms with Gasteiger partial charge in [-0.15, -0.1) is 0 Å². The van der Waals surface area contributed by atoms with Crippen LogP contribution in [0.25, 0.3) is 0 Å². The fourth-order valence-corrected chi connectivity index (χ4v) is 3.11. The SMILES string of the molecule is O=C1NCCN(C(=O)C2CCOC2)C1c1ccccc1Cl. The number of hydrogen-bond acceptors (Lipinski definition) is 3. The van der Waals surface area contributed by atoms with Crippen molar-refractivity contribution in [1.82, 2.24) is 10.2 Å². The van der Waals surface area contributed by atoms with Gasteiger partial charge in [0.05, 0.1) is 12.5 Å². The smallest absolute Gasteiger partial charge is 0.247 e. The van der Waals surface area contributed by atoms with Crippen LogP contribution < -0.4 is 5.32 Å². The Labute approximate surface area is 128 Å². The maximum atomic E-state index is 12.7. The van der Waals surface area contributed by atoms with Crippen LogP contribution in [0.1, 0.15) is 18.0 Å². The van der Waals surface area contributed by atoms with Gasteiger partial charge in [0, 0.05) is 30.3 Å². The van der Waals surface area contributed by atoms with Crippen LogP contribution in [0.4, 0.5) is 0 Å². The summed E-state index contributed by atoms with van der Waals surface area (Å²) in [4.78, 5) is 26.6. The van der Waals surface area contributed by atoms with Crippen LogP contribution in [0.3, 0.4) is 0 Å². The van der Waals surface area contributed by atoms with Crippen LogP contribution in [0, 0.1) is 5.92 Å². The maximum Gasteiger partial charge on any atom is 0.247 e. The van der Waals surface area contributed by atoms with E-state index in [4.69, 9.17) is 16.3 Å². The zero-order valence-electron chi connectivity index (χ0n) is 11.5. The molecule has 2 aliphatic heterocycles. The van der Waals surface area contributed by atoms with Gasteiger partial charge in [-0.1, -0.05) is 29.8 Å². The first-order valence-corrected chi connectivity index (χ1v) is 7.46. The third-order valence-electron chi connectivity index (χ3n) is 3.97. The zero-order valence-corrected chi connectivity index (χ0v) is 12.3. The molecule has 3 rings (SSSR count). The molecule has 2 aliphatic rings. The van der Waals surface area contributed by atoms with E-state index in [9.17, 15) is 9.59 Å². The second kappa shape index (κ2) is 6.03. The molecular weight excluding hydrogens is 292 g/mol. The second-order valence-corrected chi connectivity index (χ2v) is 5.71. The minimum absolute atomic E-state index is 0.0210. The molecule has 2 amide bonds. The number of halogens is 1. The number of carbonyl (C=O) groups is 2. The van der Waals surface area contributed by atoms with E-state index >= 15 is 0 Å². The van der Waals surface area contributed by atoms with Crippen molar-refractivity contribution >= 4 is 23.4 Å². The van der Waals surface area contributed by atoms with Gasteiger partial charge in [0.15, 0.2) is 0 Å². The van der Waals surface area contributed by atoms with Gasteiger partial charge in [-0.05, 0) is 12.5 Å².